The summed E-state index contributed by atoms with van der Waals surface area (Å²) in [6.45, 7) is 3.30. The Morgan fingerprint density at radius 2 is 1.80 bits per heavy atom. The average Bonchev–Trinajstić information content (AvgIpc) is 2.90. The summed E-state index contributed by atoms with van der Waals surface area (Å²) in [4.78, 5) is 24.2. The number of nitrogens with zero attached hydrogens (tertiary/aromatic N) is 2. The number of para-hydroxylation sites is 1. The topological polar surface area (TPSA) is 59.0 Å². The van der Waals surface area contributed by atoms with Crippen molar-refractivity contribution in [2.45, 2.75) is 13.8 Å². The molecule has 1 heterocycles. The minimum atomic E-state index is -0.209. The fraction of sp³-hybridized carbons (Fsp3) is 0.150. The summed E-state index contributed by atoms with van der Waals surface area (Å²) in [6, 6.07) is 14.3. The van der Waals surface area contributed by atoms with Crippen molar-refractivity contribution in [3.8, 4) is 5.75 Å². The molecule has 0 unspecified atom stereocenters. The van der Waals surface area contributed by atoms with Gasteiger partial charge in [0.05, 0.1) is 24.1 Å². The number of hydrogen-bond acceptors (Lipinski definition) is 4. The van der Waals surface area contributed by atoms with Crippen LogP contribution in [0.2, 0.25) is 0 Å². The number of Topliss-reactive ketones (excluding diaryl/α,β-unsaturated/α-hetero) is 1. The van der Waals surface area contributed by atoms with Gasteiger partial charge in [-0.1, -0.05) is 18.2 Å². The minimum absolute atomic E-state index is 0.0178. The number of methoxy groups -OCH3 is 1. The quantitative estimate of drug-likeness (QED) is 0.633. The van der Waals surface area contributed by atoms with Crippen LogP contribution in [0, 0.1) is 0 Å². The van der Waals surface area contributed by atoms with Gasteiger partial charge in [-0.2, -0.15) is 10.1 Å². The molecule has 0 aromatic heterocycles. The van der Waals surface area contributed by atoms with Crippen molar-refractivity contribution in [1.29, 1.82) is 0 Å². The summed E-state index contributed by atoms with van der Waals surface area (Å²) in [7, 11) is 1.59. The SMILES string of the molecule is COc1ccccc1/C=C1/C(=O)N(c2ccc(C(C)=O)cc2)N=C1C. The van der Waals surface area contributed by atoms with Crippen molar-refractivity contribution in [3.63, 3.8) is 0 Å². The second kappa shape index (κ2) is 6.73. The molecule has 0 fully saturated rings. The van der Waals surface area contributed by atoms with Gasteiger partial charge in [0.25, 0.3) is 5.91 Å². The first-order valence-electron chi connectivity index (χ1n) is 7.87. The molecule has 0 atom stereocenters. The van der Waals surface area contributed by atoms with Gasteiger partial charge in [-0.3, -0.25) is 9.59 Å². The molecular formula is C20H18N2O3. The Hall–Kier alpha value is -3.21. The molecule has 1 aliphatic rings. The lowest BCUT2D eigenvalue weighted by Gasteiger charge is -2.12. The monoisotopic (exact) mass is 334 g/mol. The number of ketones is 1. The van der Waals surface area contributed by atoms with Crippen LogP contribution in [-0.2, 0) is 4.79 Å². The Bertz CT molecular complexity index is 895. The molecule has 2 aromatic carbocycles. The van der Waals surface area contributed by atoms with Gasteiger partial charge in [-0.15, -0.1) is 0 Å². The second-order valence-electron chi connectivity index (χ2n) is 5.71. The predicted octanol–water partition coefficient (Wildman–Crippen LogP) is 3.70. The van der Waals surface area contributed by atoms with E-state index in [0.717, 1.165) is 5.56 Å². The molecular weight excluding hydrogens is 316 g/mol. The van der Waals surface area contributed by atoms with E-state index < -0.39 is 0 Å². The number of benzene rings is 2. The molecule has 25 heavy (non-hydrogen) atoms. The van der Waals surface area contributed by atoms with Crippen molar-refractivity contribution < 1.29 is 14.3 Å². The van der Waals surface area contributed by atoms with Gasteiger partial charge in [0, 0.05) is 11.1 Å². The van der Waals surface area contributed by atoms with Crippen LogP contribution in [0.1, 0.15) is 29.8 Å². The Labute approximate surface area is 146 Å². The second-order valence-corrected chi connectivity index (χ2v) is 5.71. The van der Waals surface area contributed by atoms with Crippen molar-refractivity contribution in [3.05, 3.63) is 65.2 Å². The summed E-state index contributed by atoms with van der Waals surface area (Å²) in [5.41, 5.74) is 3.18. The molecule has 3 rings (SSSR count). The third-order valence-electron chi connectivity index (χ3n) is 4.02. The van der Waals surface area contributed by atoms with Crippen LogP contribution in [0.25, 0.3) is 6.08 Å². The predicted molar refractivity (Wildman–Crippen MR) is 98.0 cm³/mol. The van der Waals surface area contributed by atoms with Crippen LogP contribution in [0.5, 0.6) is 5.75 Å². The first-order chi connectivity index (χ1) is 12.0. The summed E-state index contributed by atoms with van der Waals surface area (Å²) in [5.74, 6) is 0.467. The van der Waals surface area contributed by atoms with Crippen LogP contribution < -0.4 is 9.75 Å². The first-order valence-corrected chi connectivity index (χ1v) is 7.87. The lowest BCUT2D eigenvalue weighted by Crippen LogP contribution is -2.21. The van der Waals surface area contributed by atoms with Crippen LogP contribution >= 0.6 is 0 Å². The lowest BCUT2D eigenvalue weighted by atomic mass is 10.1. The molecule has 126 valence electrons. The van der Waals surface area contributed by atoms with Gasteiger partial charge < -0.3 is 4.74 Å². The van der Waals surface area contributed by atoms with Crippen LogP contribution in [-0.4, -0.2) is 24.5 Å². The highest BCUT2D eigenvalue weighted by Gasteiger charge is 2.29. The number of anilines is 1. The van der Waals surface area contributed by atoms with Gasteiger partial charge in [-0.05, 0) is 50.3 Å². The lowest BCUT2D eigenvalue weighted by molar-refractivity contribution is -0.114. The van der Waals surface area contributed by atoms with Gasteiger partial charge in [0.1, 0.15) is 5.75 Å². The van der Waals surface area contributed by atoms with E-state index in [1.54, 1.807) is 44.4 Å². The van der Waals surface area contributed by atoms with Crippen molar-refractivity contribution in [1.82, 2.24) is 0 Å². The maximum Gasteiger partial charge on any atom is 0.280 e. The summed E-state index contributed by atoms with van der Waals surface area (Å²) < 4.78 is 5.33. The maximum atomic E-state index is 12.8. The molecule has 1 aliphatic heterocycles. The van der Waals surface area contributed by atoms with E-state index in [9.17, 15) is 9.59 Å². The molecule has 0 radical (unpaired) electrons. The van der Waals surface area contributed by atoms with E-state index >= 15 is 0 Å². The van der Waals surface area contributed by atoms with Crippen LogP contribution in [0.3, 0.4) is 0 Å². The van der Waals surface area contributed by atoms with E-state index in [1.165, 1.54) is 11.9 Å². The average molecular weight is 334 g/mol. The standard InChI is InChI=1S/C20H18N2O3/c1-13-18(12-16-6-4-5-7-19(16)25-3)20(24)22(21-13)17-10-8-15(9-11-17)14(2)23/h4-12H,1-3H3/b18-12+. The highest BCUT2D eigenvalue weighted by atomic mass is 16.5. The fourth-order valence-corrected chi connectivity index (χ4v) is 2.64. The zero-order valence-corrected chi connectivity index (χ0v) is 14.3. The summed E-state index contributed by atoms with van der Waals surface area (Å²) >= 11 is 0. The molecule has 0 saturated carbocycles. The van der Waals surface area contributed by atoms with Gasteiger partial charge >= 0.3 is 0 Å². The Morgan fingerprint density at radius 1 is 1.12 bits per heavy atom. The van der Waals surface area contributed by atoms with Crippen molar-refractivity contribution in [2.24, 2.45) is 5.10 Å². The third kappa shape index (κ3) is 3.21. The molecule has 0 bridgehead atoms. The van der Waals surface area contributed by atoms with Gasteiger partial charge in [-0.25, -0.2) is 0 Å². The number of ether oxygens (including phenoxy) is 1. The minimum Gasteiger partial charge on any atom is -0.496 e. The highest BCUT2D eigenvalue weighted by molar-refractivity contribution is 6.32. The maximum absolute atomic E-state index is 12.8. The number of rotatable bonds is 4. The van der Waals surface area contributed by atoms with Crippen molar-refractivity contribution in [2.75, 3.05) is 12.1 Å². The Balaban J connectivity index is 1.93. The Morgan fingerprint density at radius 3 is 2.44 bits per heavy atom. The zero-order valence-electron chi connectivity index (χ0n) is 14.3. The molecule has 0 N–H and O–H groups in total. The Kier molecular flexibility index (Phi) is 4.48. The molecule has 5 heteroatoms. The van der Waals surface area contributed by atoms with E-state index in [1.807, 2.05) is 24.3 Å². The zero-order chi connectivity index (χ0) is 18.0. The number of hydrazone groups is 1. The van der Waals surface area contributed by atoms with Crippen LogP contribution in [0.15, 0.2) is 59.2 Å². The molecule has 0 aliphatic carbocycles. The van der Waals surface area contributed by atoms with E-state index in [2.05, 4.69) is 5.10 Å². The summed E-state index contributed by atoms with van der Waals surface area (Å²) in [6.07, 6.45) is 1.78. The molecule has 0 spiro atoms. The largest absolute Gasteiger partial charge is 0.496 e. The number of carbonyl (C=O) groups excluding carboxylic acids is 2. The molecule has 1 amide bonds. The molecule has 0 saturated heterocycles. The van der Waals surface area contributed by atoms with E-state index in [-0.39, 0.29) is 11.7 Å². The van der Waals surface area contributed by atoms with E-state index in [4.69, 9.17) is 4.74 Å². The molecule has 2 aromatic rings. The van der Waals surface area contributed by atoms with E-state index in [0.29, 0.717) is 28.3 Å². The normalized spacial score (nSPS) is 15.5. The highest BCUT2D eigenvalue weighted by Crippen LogP contribution is 2.27. The fourth-order valence-electron chi connectivity index (χ4n) is 2.64. The van der Waals surface area contributed by atoms with Crippen LogP contribution in [0.4, 0.5) is 5.69 Å². The number of hydrogen-bond donors (Lipinski definition) is 0. The van der Waals surface area contributed by atoms with Gasteiger partial charge in [0.2, 0.25) is 0 Å². The smallest absolute Gasteiger partial charge is 0.280 e. The number of amides is 1. The first kappa shape index (κ1) is 16.6. The summed E-state index contributed by atoms with van der Waals surface area (Å²) in [5, 5.41) is 5.70. The van der Waals surface area contributed by atoms with Crippen molar-refractivity contribution >= 4 is 29.2 Å². The number of carbonyl (C=O) groups is 2. The third-order valence-corrected chi connectivity index (χ3v) is 4.02. The van der Waals surface area contributed by atoms with Gasteiger partial charge in [0.15, 0.2) is 5.78 Å². The molecule has 5 nitrogen and oxygen atoms in total.